The molecule has 1 amide bonds. The Morgan fingerprint density at radius 3 is 2.48 bits per heavy atom. The molecule has 25 heavy (non-hydrogen) atoms. The molecule has 0 bridgehead atoms. The van der Waals surface area contributed by atoms with Crippen molar-refractivity contribution in [1.82, 2.24) is 5.32 Å². The van der Waals surface area contributed by atoms with Crippen LogP contribution in [0.1, 0.15) is 58.6 Å². The highest BCUT2D eigenvalue weighted by Crippen LogP contribution is 2.44. The molecule has 1 aromatic rings. The van der Waals surface area contributed by atoms with Crippen molar-refractivity contribution in [1.29, 1.82) is 0 Å². The lowest BCUT2D eigenvalue weighted by Gasteiger charge is -2.48. The number of hydrogen-bond donors (Lipinski definition) is 2. The van der Waals surface area contributed by atoms with E-state index in [1.54, 1.807) is 13.2 Å². The Balaban J connectivity index is 2.46. The first-order chi connectivity index (χ1) is 11.7. The number of amides is 1. The molecule has 0 radical (unpaired) electrons. The highest BCUT2D eigenvalue weighted by atomic mass is 16.6. The fraction of sp³-hybridized carbons (Fsp3) is 0.650. The first kappa shape index (κ1) is 19.6. The quantitative estimate of drug-likeness (QED) is 0.865. The number of phenolic OH excluding ortho intramolecular Hbond substituents is 1. The second kappa shape index (κ2) is 7.24. The van der Waals surface area contributed by atoms with Crippen LogP contribution in [0.3, 0.4) is 0 Å². The molecule has 0 fully saturated rings. The summed E-state index contributed by atoms with van der Waals surface area (Å²) in [6.07, 6.45) is 1.74. The standard InChI is InChI=1S/C20H31NO4/c1-7-20(8-2)15-12-14(22)10-9-13(15)11-16(24-6)17(20)21-18(23)25-19(3,4)5/h9-10,12,16-17,22H,7-8,11H2,1-6H3,(H,21,23). The zero-order chi connectivity index (χ0) is 18.8. The molecule has 140 valence electrons. The number of benzene rings is 1. The van der Waals surface area contributed by atoms with Gasteiger partial charge < -0.3 is 19.9 Å². The Morgan fingerprint density at radius 2 is 1.96 bits per heavy atom. The Hall–Kier alpha value is -1.75. The van der Waals surface area contributed by atoms with E-state index in [1.807, 2.05) is 32.9 Å². The molecule has 1 aliphatic carbocycles. The van der Waals surface area contributed by atoms with Gasteiger partial charge in [0.2, 0.25) is 0 Å². The van der Waals surface area contributed by atoms with E-state index in [4.69, 9.17) is 9.47 Å². The first-order valence-electron chi connectivity index (χ1n) is 9.01. The van der Waals surface area contributed by atoms with E-state index in [9.17, 15) is 9.90 Å². The Morgan fingerprint density at radius 1 is 1.32 bits per heavy atom. The second-order valence-corrected chi connectivity index (χ2v) is 7.81. The van der Waals surface area contributed by atoms with Crippen LogP contribution in [-0.4, -0.2) is 36.1 Å². The lowest BCUT2D eigenvalue weighted by atomic mass is 9.62. The summed E-state index contributed by atoms with van der Waals surface area (Å²) in [6.45, 7) is 9.77. The van der Waals surface area contributed by atoms with Crippen molar-refractivity contribution in [3.63, 3.8) is 0 Å². The van der Waals surface area contributed by atoms with Gasteiger partial charge in [-0.25, -0.2) is 4.79 Å². The van der Waals surface area contributed by atoms with Crippen LogP contribution in [0.5, 0.6) is 5.75 Å². The van der Waals surface area contributed by atoms with Gasteiger partial charge in [0.1, 0.15) is 11.4 Å². The molecule has 0 saturated carbocycles. The molecular formula is C20H31NO4. The van der Waals surface area contributed by atoms with Gasteiger partial charge in [-0.2, -0.15) is 0 Å². The number of alkyl carbamates (subject to hydrolysis) is 1. The van der Waals surface area contributed by atoms with Crippen LogP contribution in [0.2, 0.25) is 0 Å². The minimum atomic E-state index is -0.557. The maximum Gasteiger partial charge on any atom is 0.407 e. The summed E-state index contributed by atoms with van der Waals surface area (Å²) in [4.78, 5) is 12.4. The van der Waals surface area contributed by atoms with Crippen LogP contribution in [0.15, 0.2) is 18.2 Å². The van der Waals surface area contributed by atoms with Crippen molar-refractivity contribution >= 4 is 6.09 Å². The van der Waals surface area contributed by atoms with Crippen LogP contribution in [0.4, 0.5) is 4.79 Å². The number of methoxy groups -OCH3 is 1. The predicted octanol–water partition coefficient (Wildman–Crippen LogP) is 3.91. The predicted molar refractivity (Wildman–Crippen MR) is 98.0 cm³/mol. The van der Waals surface area contributed by atoms with Gasteiger partial charge in [-0.1, -0.05) is 19.9 Å². The number of fused-ring (bicyclic) bond motifs is 1. The number of phenols is 1. The van der Waals surface area contributed by atoms with Crippen molar-refractivity contribution in [2.24, 2.45) is 0 Å². The topological polar surface area (TPSA) is 67.8 Å². The van der Waals surface area contributed by atoms with E-state index >= 15 is 0 Å². The highest BCUT2D eigenvalue weighted by Gasteiger charge is 2.48. The third kappa shape index (κ3) is 3.92. The molecule has 1 aromatic carbocycles. The average Bonchev–Trinajstić information content (AvgIpc) is 2.53. The average molecular weight is 349 g/mol. The number of rotatable bonds is 4. The second-order valence-electron chi connectivity index (χ2n) is 7.81. The lowest BCUT2D eigenvalue weighted by Crippen LogP contribution is -2.60. The fourth-order valence-electron chi connectivity index (χ4n) is 4.02. The molecule has 2 atom stereocenters. The van der Waals surface area contributed by atoms with Gasteiger partial charge in [-0.15, -0.1) is 0 Å². The summed E-state index contributed by atoms with van der Waals surface area (Å²) in [7, 11) is 1.68. The molecule has 2 rings (SSSR count). The fourth-order valence-corrected chi connectivity index (χ4v) is 4.02. The zero-order valence-corrected chi connectivity index (χ0v) is 16.2. The molecule has 5 nitrogen and oxygen atoms in total. The van der Waals surface area contributed by atoms with Crippen molar-refractivity contribution in [2.75, 3.05) is 7.11 Å². The van der Waals surface area contributed by atoms with E-state index < -0.39 is 11.7 Å². The van der Waals surface area contributed by atoms with Crippen LogP contribution in [0, 0.1) is 0 Å². The summed E-state index contributed by atoms with van der Waals surface area (Å²) < 4.78 is 11.2. The normalized spacial score (nSPS) is 22.2. The summed E-state index contributed by atoms with van der Waals surface area (Å²) in [5, 5.41) is 13.1. The molecule has 5 heteroatoms. The zero-order valence-electron chi connectivity index (χ0n) is 16.2. The molecule has 2 N–H and O–H groups in total. The third-order valence-corrected chi connectivity index (χ3v) is 5.25. The number of hydrogen-bond acceptors (Lipinski definition) is 4. The van der Waals surface area contributed by atoms with Crippen LogP contribution in [0.25, 0.3) is 0 Å². The summed E-state index contributed by atoms with van der Waals surface area (Å²) in [5.74, 6) is 0.247. The number of aromatic hydroxyl groups is 1. The van der Waals surface area contributed by atoms with Gasteiger partial charge in [0.15, 0.2) is 0 Å². The number of ether oxygens (including phenoxy) is 2. The summed E-state index contributed by atoms with van der Waals surface area (Å²) in [6, 6.07) is 5.28. The first-order valence-corrected chi connectivity index (χ1v) is 9.01. The Bertz CT molecular complexity index is 617. The number of carbonyl (C=O) groups is 1. The van der Waals surface area contributed by atoms with E-state index in [1.165, 1.54) is 0 Å². The molecule has 0 aliphatic heterocycles. The van der Waals surface area contributed by atoms with Crippen molar-refractivity contribution in [2.45, 2.75) is 77.0 Å². The molecular weight excluding hydrogens is 318 g/mol. The van der Waals surface area contributed by atoms with E-state index in [0.29, 0.717) is 6.42 Å². The minimum absolute atomic E-state index is 0.149. The van der Waals surface area contributed by atoms with Gasteiger partial charge in [-0.3, -0.25) is 0 Å². The maximum absolute atomic E-state index is 12.4. The SMILES string of the molecule is CCC1(CC)c2cc(O)ccc2CC(OC)C1NC(=O)OC(C)(C)C. The number of carbonyl (C=O) groups excluding carboxylic acids is 1. The third-order valence-electron chi connectivity index (χ3n) is 5.25. The summed E-state index contributed by atoms with van der Waals surface area (Å²) in [5.41, 5.74) is 1.38. The molecule has 0 spiro atoms. The minimum Gasteiger partial charge on any atom is -0.508 e. The van der Waals surface area contributed by atoms with Gasteiger partial charge in [-0.05, 0) is 56.9 Å². The van der Waals surface area contributed by atoms with Gasteiger partial charge >= 0.3 is 6.09 Å². The van der Waals surface area contributed by atoms with Gasteiger partial charge in [0, 0.05) is 18.9 Å². The van der Waals surface area contributed by atoms with E-state index in [-0.39, 0.29) is 23.3 Å². The van der Waals surface area contributed by atoms with Gasteiger partial charge in [0.25, 0.3) is 0 Å². The monoisotopic (exact) mass is 349 g/mol. The van der Waals surface area contributed by atoms with Crippen molar-refractivity contribution in [3.05, 3.63) is 29.3 Å². The largest absolute Gasteiger partial charge is 0.508 e. The van der Waals surface area contributed by atoms with Crippen LogP contribution >= 0.6 is 0 Å². The van der Waals surface area contributed by atoms with E-state index in [2.05, 4.69) is 19.2 Å². The van der Waals surface area contributed by atoms with Crippen LogP contribution < -0.4 is 5.32 Å². The van der Waals surface area contributed by atoms with Crippen LogP contribution in [-0.2, 0) is 21.3 Å². The molecule has 0 heterocycles. The highest BCUT2D eigenvalue weighted by molar-refractivity contribution is 5.69. The lowest BCUT2D eigenvalue weighted by molar-refractivity contribution is 0.00826. The molecule has 0 aromatic heterocycles. The number of nitrogens with one attached hydrogen (secondary N) is 1. The summed E-state index contributed by atoms with van der Waals surface area (Å²) >= 11 is 0. The van der Waals surface area contributed by atoms with E-state index in [0.717, 1.165) is 24.0 Å². The Labute approximate surface area is 150 Å². The molecule has 1 aliphatic rings. The molecule has 2 unspecified atom stereocenters. The van der Waals surface area contributed by atoms with Crippen molar-refractivity contribution in [3.8, 4) is 5.75 Å². The molecule has 0 saturated heterocycles. The van der Waals surface area contributed by atoms with Gasteiger partial charge in [0.05, 0.1) is 12.1 Å². The Kier molecular flexibility index (Phi) is 5.67. The van der Waals surface area contributed by atoms with Crippen molar-refractivity contribution < 1.29 is 19.4 Å². The smallest absolute Gasteiger partial charge is 0.407 e. The maximum atomic E-state index is 12.4.